The Bertz CT molecular complexity index is 608. The molecule has 1 unspecified atom stereocenters. The number of hydrogen-bond acceptors (Lipinski definition) is 5. The molecular formula is C13H14F2N2O4. The minimum absolute atomic E-state index is 0.113. The Kier molecular flexibility index (Phi) is 3.82. The van der Waals surface area contributed by atoms with Gasteiger partial charge in [-0.3, -0.25) is 4.79 Å². The van der Waals surface area contributed by atoms with Crippen molar-refractivity contribution in [3.05, 3.63) is 29.3 Å². The topological polar surface area (TPSA) is 92.9 Å². The van der Waals surface area contributed by atoms with E-state index in [1.54, 1.807) is 0 Å². The first-order valence-electron chi connectivity index (χ1n) is 6.13. The van der Waals surface area contributed by atoms with Crippen LogP contribution in [0.1, 0.15) is 16.8 Å². The van der Waals surface area contributed by atoms with E-state index in [1.165, 1.54) is 11.0 Å². The van der Waals surface area contributed by atoms with E-state index in [1.807, 2.05) is 0 Å². The third kappa shape index (κ3) is 2.54. The van der Waals surface area contributed by atoms with Gasteiger partial charge in [0.25, 0.3) is 0 Å². The number of anilines is 1. The zero-order valence-electron chi connectivity index (χ0n) is 11.2. The van der Waals surface area contributed by atoms with Gasteiger partial charge in [-0.15, -0.1) is 0 Å². The van der Waals surface area contributed by atoms with E-state index in [2.05, 4.69) is 4.74 Å². The van der Waals surface area contributed by atoms with E-state index in [4.69, 9.17) is 10.8 Å². The molecule has 0 radical (unpaired) electrons. The molecule has 8 heteroatoms. The van der Waals surface area contributed by atoms with Crippen molar-refractivity contribution in [1.29, 1.82) is 0 Å². The highest BCUT2D eigenvalue weighted by Gasteiger charge is 2.42. The van der Waals surface area contributed by atoms with E-state index in [9.17, 15) is 18.4 Å². The van der Waals surface area contributed by atoms with Crippen LogP contribution in [0.25, 0.3) is 0 Å². The molecule has 21 heavy (non-hydrogen) atoms. The molecule has 1 fully saturated rings. The van der Waals surface area contributed by atoms with Gasteiger partial charge in [-0.1, -0.05) is 0 Å². The van der Waals surface area contributed by atoms with Crippen LogP contribution in [0.3, 0.4) is 0 Å². The molecule has 3 N–H and O–H groups in total. The van der Waals surface area contributed by atoms with E-state index >= 15 is 0 Å². The van der Waals surface area contributed by atoms with Crippen LogP contribution < -0.4 is 10.6 Å². The van der Waals surface area contributed by atoms with Gasteiger partial charge >= 0.3 is 11.9 Å². The summed E-state index contributed by atoms with van der Waals surface area (Å²) < 4.78 is 32.3. The summed E-state index contributed by atoms with van der Waals surface area (Å²) in [6, 6.07) is 2.30. The van der Waals surface area contributed by atoms with Crippen LogP contribution in [0.4, 0.5) is 14.5 Å². The second-order valence-corrected chi connectivity index (χ2v) is 4.88. The third-order valence-corrected chi connectivity index (χ3v) is 3.53. The van der Waals surface area contributed by atoms with Crippen LogP contribution in [-0.2, 0) is 9.53 Å². The summed E-state index contributed by atoms with van der Waals surface area (Å²) in [5, 5.41) is 9.03. The molecule has 0 aromatic heterocycles. The van der Waals surface area contributed by atoms with Gasteiger partial charge in [-0.25, -0.2) is 13.6 Å². The fourth-order valence-corrected chi connectivity index (χ4v) is 2.26. The maximum Gasteiger partial charge on any atom is 0.340 e. The number of hydrogen-bond donors (Lipinski definition) is 2. The number of nitrogens with zero attached hydrogens (tertiary/aromatic N) is 1. The summed E-state index contributed by atoms with van der Waals surface area (Å²) in [6.45, 7) is 0.0347. The van der Waals surface area contributed by atoms with Crippen LogP contribution >= 0.6 is 0 Å². The normalized spacial score (nSPS) is 21.4. The molecule has 114 valence electrons. The molecule has 0 amide bonds. The smallest absolute Gasteiger partial charge is 0.340 e. The van der Waals surface area contributed by atoms with Crippen molar-refractivity contribution in [3.8, 4) is 0 Å². The van der Waals surface area contributed by atoms with Crippen molar-refractivity contribution in [2.45, 2.75) is 12.0 Å². The number of benzene rings is 1. The van der Waals surface area contributed by atoms with Crippen LogP contribution in [-0.4, -0.2) is 42.8 Å². The molecule has 1 aromatic carbocycles. The summed E-state index contributed by atoms with van der Waals surface area (Å²) in [4.78, 5) is 23.7. The average Bonchev–Trinajstić information content (AvgIpc) is 2.85. The highest BCUT2D eigenvalue weighted by Crippen LogP contribution is 2.30. The number of carboxylic acid groups (broad SMARTS) is 1. The third-order valence-electron chi connectivity index (χ3n) is 3.53. The minimum Gasteiger partial charge on any atom is -0.480 e. The number of carbonyl (C=O) groups excluding carboxylic acids is 1. The number of aliphatic carboxylic acids is 1. The van der Waals surface area contributed by atoms with E-state index in [0.29, 0.717) is 0 Å². The number of methoxy groups -OCH3 is 1. The standard InChI is InChI=1S/C13H14F2N2O4/c1-21-11(18)7-2-3-8(10(15)9(7)14)17-5-4-13(16,6-17)12(19)20/h2-3H,4-6,16H2,1H3,(H,19,20). The van der Waals surface area contributed by atoms with Gasteiger partial charge in [0, 0.05) is 13.1 Å². The molecule has 1 heterocycles. The van der Waals surface area contributed by atoms with Crippen LogP contribution in [0, 0.1) is 11.6 Å². The maximum atomic E-state index is 14.1. The lowest BCUT2D eigenvalue weighted by molar-refractivity contribution is -0.142. The Morgan fingerprint density at radius 2 is 2.05 bits per heavy atom. The molecule has 1 aliphatic rings. The molecule has 1 saturated heterocycles. The Morgan fingerprint density at radius 1 is 1.38 bits per heavy atom. The Balaban J connectivity index is 2.33. The summed E-state index contributed by atoms with van der Waals surface area (Å²) in [5.74, 6) is -4.74. The largest absolute Gasteiger partial charge is 0.480 e. The van der Waals surface area contributed by atoms with Crippen LogP contribution in [0.15, 0.2) is 12.1 Å². The summed E-state index contributed by atoms with van der Waals surface area (Å²) in [7, 11) is 1.06. The van der Waals surface area contributed by atoms with Gasteiger partial charge in [-0.05, 0) is 18.6 Å². The average molecular weight is 300 g/mol. The molecular weight excluding hydrogens is 286 g/mol. The van der Waals surface area contributed by atoms with Gasteiger partial charge in [0.05, 0.1) is 18.4 Å². The molecule has 0 saturated carbocycles. The Labute approximate surface area is 119 Å². The number of ether oxygens (including phenoxy) is 1. The first-order chi connectivity index (χ1) is 9.80. The molecule has 0 bridgehead atoms. The van der Waals surface area contributed by atoms with Gasteiger partial charge in [0.15, 0.2) is 11.6 Å². The predicted octanol–water partition coefficient (Wildman–Crippen LogP) is 0.744. The van der Waals surface area contributed by atoms with E-state index in [-0.39, 0.29) is 25.2 Å². The maximum absolute atomic E-state index is 14.1. The van der Waals surface area contributed by atoms with Crippen LogP contribution in [0.5, 0.6) is 0 Å². The summed E-state index contributed by atoms with van der Waals surface area (Å²) >= 11 is 0. The molecule has 6 nitrogen and oxygen atoms in total. The lowest BCUT2D eigenvalue weighted by Crippen LogP contribution is -2.50. The summed E-state index contributed by atoms with van der Waals surface area (Å²) in [5.41, 5.74) is 3.54. The Hall–Kier alpha value is -2.22. The SMILES string of the molecule is COC(=O)c1ccc(N2CCC(N)(C(=O)O)C2)c(F)c1F. The lowest BCUT2D eigenvalue weighted by atomic mass is 10.0. The van der Waals surface area contributed by atoms with Crippen molar-refractivity contribution in [2.75, 3.05) is 25.1 Å². The zero-order valence-corrected chi connectivity index (χ0v) is 11.2. The molecule has 1 aliphatic heterocycles. The zero-order chi connectivity index (χ0) is 15.8. The minimum atomic E-state index is -1.50. The molecule has 0 spiro atoms. The first kappa shape index (κ1) is 15.2. The molecule has 1 aromatic rings. The number of nitrogens with two attached hydrogens (primary N) is 1. The summed E-state index contributed by atoms with van der Waals surface area (Å²) in [6.07, 6.45) is 0.113. The van der Waals surface area contributed by atoms with E-state index < -0.39 is 34.7 Å². The molecule has 2 rings (SSSR count). The fourth-order valence-electron chi connectivity index (χ4n) is 2.26. The monoisotopic (exact) mass is 300 g/mol. The molecule has 0 aliphatic carbocycles. The van der Waals surface area contributed by atoms with Gasteiger partial charge in [-0.2, -0.15) is 0 Å². The molecule has 1 atom stereocenters. The van der Waals surface area contributed by atoms with Gasteiger partial charge in [0.1, 0.15) is 5.54 Å². The highest BCUT2D eigenvalue weighted by atomic mass is 19.2. The fraction of sp³-hybridized carbons (Fsp3) is 0.385. The number of carbonyl (C=O) groups is 2. The second-order valence-electron chi connectivity index (χ2n) is 4.88. The van der Waals surface area contributed by atoms with E-state index in [0.717, 1.165) is 13.2 Å². The second kappa shape index (κ2) is 5.28. The number of halogens is 2. The van der Waals surface area contributed by atoms with Crippen molar-refractivity contribution >= 4 is 17.6 Å². The first-order valence-corrected chi connectivity index (χ1v) is 6.13. The van der Waals surface area contributed by atoms with Crippen molar-refractivity contribution in [3.63, 3.8) is 0 Å². The number of rotatable bonds is 3. The van der Waals surface area contributed by atoms with Crippen molar-refractivity contribution in [1.82, 2.24) is 0 Å². The number of carboxylic acids is 1. The Morgan fingerprint density at radius 3 is 2.57 bits per heavy atom. The van der Waals surface area contributed by atoms with Crippen LogP contribution in [0.2, 0.25) is 0 Å². The van der Waals surface area contributed by atoms with Crippen molar-refractivity contribution < 1.29 is 28.2 Å². The number of esters is 1. The van der Waals surface area contributed by atoms with Crippen molar-refractivity contribution in [2.24, 2.45) is 5.73 Å². The van der Waals surface area contributed by atoms with Gasteiger partial charge in [0.2, 0.25) is 0 Å². The predicted molar refractivity (Wildman–Crippen MR) is 69.1 cm³/mol. The quantitative estimate of drug-likeness (QED) is 0.800. The lowest BCUT2D eigenvalue weighted by Gasteiger charge is -2.22. The van der Waals surface area contributed by atoms with Gasteiger partial charge < -0.3 is 20.5 Å². The highest BCUT2D eigenvalue weighted by molar-refractivity contribution is 5.90.